The van der Waals surface area contributed by atoms with Crippen LogP contribution in [0.2, 0.25) is 0 Å². The number of amides is 2. The third kappa shape index (κ3) is 5.24. The molecule has 0 spiro atoms. The molecule has 0 unspecified atom stereocenters. The quantitative estimate of drug-likeness (QED) is 0.494. The van der Waals surface area contributed by atoms with Crippen LogP contribution in [0.3, 0.4) is 0 Å². The van der Waals surface area contributed by atoms with E-state index in [0.717, 1.165) is 12.1 Å². The molecule has 8 heteroatoms. The second kappa shape index (κ2) is 7.82. The lowest BCUT2D eigenvalue weighted by Gasteiger charge is -2.07. The number of non-ortho nitro benzene ring substituents is 1. The highest BCUT2D eigenvalue weighted by Gasteiger charge is 2.08. The molecule has 2 aromatic carbocycles. The normalized spacial score (nSPS) is 10.5. The van der Waals surface area contributed by atoms with Crippen LogP contribution < -0.4 is 10.6 Å². The maximum atomic E-state index is 13.7. The molecular formula is C17H14FN3O4. The number of halogens is 1. The van der Waals surface area contributed by atoms with Gasteiger partial charge < -0.3 is 10.6 Å². The average molecular weight is 343 g/mol. The van der Waals surface area contributed by atoms with E-state index in [2.05, 4.69) is 10.6 Å². The van der Waals surface area contributed by atoms with Gasteiger partial charge in [0.25, 0.3) is 5.69 Å². The SMILES string of the molecule is CC(=O)Nc1ccc(F)c(NC(=O)/C=C\c2cccc([N+](=O)[O-])c2)c1. The Labute approximate surface area is 142 Å². The number of carbonyl (C=O) groups excluding carboxylic acids is 2. The molecule has 0 bridgehead atoms. The monoisotopic (exact) mass is 343 g/mol. The van der Waals surface area contributed by atoms with E-state index < -0.39 is 16.6 Å². The highest BCUT2D eigenvalue weighted by atomic mass is 19.1. The molecule has 0 heterocycles. The lowest BCUT2D eigenvalue weighted by atomic mass is 10.2. The van der Waals surface area contributed by atoms with E-state index in [1.54, 1.807) is 6.07 Å². The van der Waals surface area contributed by atoms with Gasteiger partial charge in [-0.25, -0.2) is 4.39 Å². The first-order valence-electron chi connectivity index (χ1n) is 7.16. The second-order valence-electron chi connectivity index (χ2n) is 5.05. The predicted octanol–water partition coefficient (Wildman–Crippen LogP) is 3.34. The van der Waals surface area contributed by atoms with E-state index in [0.29, 0.717) is 11.3 Å². The Hall–Kier alpha value is -3.55. The summed E-state index contributed by atoms with van der Waals surface area (Å²) in [6.45, 7) is 1.31. The van der Waals surface area contributed by atoms with Gasteiger partial charge in [-0.3, -0.25) is 19.7 Å². The standard InChI is InChI=1S/C17H14FN3O4/c1-11(22)19-13-6-7-15(18)16(10-13)20-17(23)8-5-12-3-2-4-14(9-12)21(24)25/h2-10H,1H3,(H,19,22)(H,20,23)/b8-5-. The van der Waals surface area contributed by atoms with Crippen LogP contribution in [0.4, 0.5) is 21.5 Å². The summed E-state index contributed by atoms with van der Waals surface area (Å²) in [6.07, 6.45) is 2.50. The summed E-state index contributed by atoms with van der Waals surface area (Å²) in [7, 11) is 0. The van der Waals surface area contributed by atoms with E-state index in [4.69, 9.17) is 0 Å². The molecule has 2 N–H and O–H groups in total. The Balaban J connectivity index is 2.10. The molecule has 2 rings (SSSR count). The van der Waals surface area contributed by atoms with Gasteiger partial charge in [0, 0.05) is 30.8 Å². The molecule has 2 amide bonds. The summed E-state index contributed by atoms with van der Waals surface area (Å²) in [5.41, 5.74) is 0.597. The van der Waals surface area contributed by atoms with Crippen molar-refractivity contribution in [2.45, 2.75) is 6.92 Å². The van der Waals surface area contributed by atoms with Crippen LogP contribution in [-0.4, -0.2) is 16.7 Å². The molecule has 0 saturated heterocycles. The zero-order chi connectivity index (χ0) is 18.4. The minimum absolute atomic E-state index is 0.0973. The van der Waals surface area contributed by atoms with Gasteiger partial charge in [0.15, 0.2) is 0 Å². The third-order valence-electron chi connectivity index (χ3n) is 3.05. The number of nitro groups is 1. The zero-order valence-electron chi connectivity index (χ0n) is 13.2. The van der Waals surface area contributed by atoms with Crippen molar-refractivity contribution in [3.63, 3.8) is 0 Å². The number of rotatable bonds is 5. The summed E-state index contributed by atoms with van der Waals surface area (Å²) in [6, 6.07) is 9.50. The van der Waals surface area contributed by atoms with E-state index in [9.17, 15) is 24.1 Å². The number of carbonyl (C=O) groups is 2. The van der Waals surface area contributed by atoms with Crippen molar-refractivity contribution in [2.75, 3.05) is 10.6 Å². The third-order valence-corrected chi connectivity index (χ3v) is 3.05. The van der Waals surface area contributed by atoms with E-state index in [1.165, 1.54) is 43.3 Å². The molecule has 0 aliphatic heterocycles. The lowest BCUT2D eigenvalue weighted by Crippen LogP contribution is -2.11. The molecule has 25 heavy (non-hydrogen) atoms. The van der Waals surface area contributed by atoms with Crippen molar-refractivity contribution in [3.8, 4) is 0 Å². The Morgan fingerprint density at radius 1 is 1.16 bits per heavy atom. The fraction of sp³-hybridized carbons (Fsp3) is 0.0588. The Bertz CT molecular complexity index is 865. The van der Waals surface area contributed by atoms with Gasteiger partial charge in [-0.1, -0.05) is 12.1 Å². The topological polar surface area (TPSA) is 101 Å². The van der Waals surface area contributed by atoms with Crippen molar-refractivity contribution in [3.05, 3.63) is 70.0 Å². The van der Waals surface area contributed by atoms with Gasteiger partial charge in [0.05, 0.1) is 10.6 Å². The van der Waals surface area contributed by atoms with Crippen molar-refractivity contribution in [1.82, 2.24) is 0 Å². The van der Waals surface area contributed by atoms with Crippen LogP contribution in [-0.2, 0) is 9.59 Å². The van der Waals surface area contributed by atoms with Crippen LogP contribution in [0.15, 0.2) is 48.5 Å². The van der Waals surface area contributed by atoms with Crippen molar-refractivity contribution in [1.29, 1.82) is 0 Å². The molecule has 0 radical (unpaired) electrons. The largest absolute Gasteiger partial charge is 0.326 e. The van der Waals surface area contributed by atoms with Gasteiger partial charge in [-0.15, -0.1) is 0 Å². The van der Waals surface area contributed by atoms with Gasteiger partial charge >= 0.3 is 0 Å². The minimum Gasteiger partial charge on any atom is -0.326 e. The summed E-state index contributed by atoms with van der Waals surface area (Å²) in [5, 5.41) is 15.5. The molecule has 0 saturated carbocycles. The summed E-state index contributed by atoms with van der Waals surface area (Å²) < 4.78 is 13.7. The highest BCUT2D eigenvalue weighted by Crippen LogP contribution is 2.20. The molecule has 0 fully saturated rings. The average Bonchev–Trinajstić information content (AvgIpc) is 2.56. The number of nitro benzene ring substituents is 1. The van der Waals surface area contributed by atoms with Crippen molar-refractivity contribution in [2.24, 2.45) is 0 Å². The molecule has 128 valence electrons. The van der Waals surface area contributed by atoms with Gasteiger partial charge in [-0.05, 0) is 29.8 Å². The van der Waals surface area contributed by atoms with E-state index in [-0.39, 0.29) is 17.3 Å². The van der Waals surface area contributed by atoms with Crippen LogP contribution in [0, 0.1) is 15.9 Å². The number of hydrogen-bond donors (Lipinski definition) is 2. The van der Waals surface area contributed by atoms with Gasteiger partial charge in [0.1, 0.15) is 5.82 Å². The van der Waals surface area contributed by atoms with Crippen LogP contribution >= 0.6 is 0 Å². The minimum atomic E-state index is -0.661. The fourth-order valence-electron chi connectivity index (χ4n) is 1.99. The van der Waals surface area contributed by atoms with Crippen LogP contribution in [0.1, 0.15) is 12.5 Å². The molecule has 0 aliphatic carbocycles. The first kappa shape index (κ1) is 17.8. The van der Waals surface area contributed by atoms with Gasteiger partial charge in [-0.2, -0.15) is 0 Å². The van der Waals surface area contributed by atoms with Crippen LogP contribution in [0.5, 0.6) is 0 Å². The van der Waals surface area contributed by atoms with E-state index in [1.807, 2.05) is 0 Å². The van der Waals surface area contributed by atoms with Gasteiger partial charge in [0.2, 0.25) is 11.8 Å². The summed E-state index contributed by atoms with van der Waals surface area (Å²) >= 11 is 0. The number of nitrogens with zero attached hydrogens (tertiary/aromatic N) is 1. The maximum Gasteiger partial charge on any atom is 0.270 e. The highest BCUT2D eigenvalue weighted by molar-refractivity contribution is 6.02. The first-order chi connectivity index (χ1) is 11.8. The second-order valence-corrected chi connectivity index (χ2v) is 5.05. The molecular weight excluding hydrogens is 329 g/mol. The number of benzene rings is 2. The first-order valence-corrected chi connectivity index (χ1v) is 7.16. The summed E-state index contributed by atoms with van der Waals surface area (Å²) in [5.74, 6) is -1.61. The molecule has 0 aliphatic rings. The van der Waals surface area contributed by atoms with Crippen molar-refractivity contribution >= 4 is 35.0 Å². The number of nitrogens with one attached hydrogen (secondary N) is 2. The smallest absolute Gasteiger partial charge is 0.270 e. The zero-order valence-corrected chi connectivity index (χ0v) is 13.2. The van der Waals surface area contributed by atoms with Crippen molar-refractivity contribution < 1.29 is 18.9 Å². The summed E-state index contributed by atoms with van der Waals surface area (Å²) in [4.78, 5) is 33.1. The maximum absolute atomic E-state index is 13.7. The Morgan fingerprint density at radius 3 is 2.60 bits per heavy atom. The molecule has 7 nitrogen and oxygen atoms in total. The molecule has 0 aromatic heterocycles. The fourth-order valence-corrected chi connectivity index (χ4v) is 1.99. The van der Waals surface area contributed by atoms with E-state index >= 15 is 0 Å². The Morgan fingerprint density at radius 2 is 1.92 bits per heavy atom. The number of hydrogen-bond acceptors (Lipinski definition) is 4. The molecule has 2 aromatic rings. The Kier molecular flexibility index (Phi) is 5.57. The predicted molar refractivity (Wildman–Crippen MR) is 91.5 cm³/mol. The lowest BCUT2D eigenvalue weighted by molar-refractivity contribution is -0.384. The number of anilines is 2. The molecule has 0 atom stereocenters. The van der Waals surface area contributed by atoms with Crippen LogP contribution in [0.25, 0.3) is 6.08 Å².